The van der Waals surface area contributed by atoms with Gasteiger partial charge in [-0.15, -0.1) is 0 Å². The van der Waals surface area contributed by atoms with Crippen molar-refractivity contribution in [3.8, 4) is 11.1 Å². The lowest BCUT2D eigenvalue weighted by Crippen LogP contribution is -2.47. The SMILES string of the molecule is CC(=O)c1nn(CC(=O)N2[C@H](C(=O)Nc3nc(Br)ccc3C)C[C@@]3(CN(C)C)C[C@@H]23)c2c(C(F)(F)F)cc(-c3cnc(C)nc3)cc12. The van der Waals surface area contributed by atoms with Crippen molar-refractivity contribution in [2.24, 2.45) is 5.41 Å². The number of pyridine rings is 1. The minimum absolute atomic E-state index is 0.0454. The summed E-state index contributed by atoms with van der Waals surface area (Å²) in [6.07, 6.45) is -0.996. The average molecular weight is 714 g/mol. The van der Waals surface area contributed by atoms with E-state index < -0.39 is 47.4 Å². The lowest BCUT2D eigenvalue weighted by Gasteiger charge is -2.27. The molecule has 246 valence electrons. The number of rotatable bonds is 8. The number of carbonyl (C=O) groups excluding carboxylic acids is 3. The van der Waals surface area contributed by atoms with E-state index in [1.165, 1.54) is 30.3 Å². The molecule has 3 aromatic heterocycles. The number of carbonyl (C=O) groups is 3. The molecule has 1 saturated carbocycles. The number of likely N-dealkylation sites (tertiary alicyclic amines) is 1. The van der Waals surface area contributed by atoms with E-state index in [2.05, 4.69) is 41.3 Å². The number of anilines is 1. The van der Waals surface area contributed by atoms with Gasteiger partial charge in [0, 0.05) is 48.3 Å². The molecule has 0 unspecified atom stereocenters. The third-order valence-corrected chi connectivity index (χ3v) is 9.27. The lowest BCUT2D eigenvalue weighted by molar-refractivity contribution is -0.139. The Morgan fingerprint density at radius 1 is 1.09 bits per heavy atom. The van der Waals surface area contributed by atoms with Crippen LogP contribution in [-0.2, 0) is 22.3 Å². The Balaban J connectivity index is 1.40. The molecule has 1 aromatic carbocycles. The molecule has 2 amide bonds. The summed E-state index contributed by atoms with van der Waals surface area (Å²) in [7, 11) is 3.82. The number of ketones is 1. The van der Waals surface area contributed by atoms with E-state index in [-0.39, 0.29) is 28.1 Å². The van der Waals surface area contributed by atoms with Crippen molar-refractivity contribution in [2.75, 3.05) is 26.0 Å². The highest BCUT2D eigenvalue weighted by Crippen LogP contribution is 2.60. The summed E-state index contributed by atoms with van der Waals surface area (Å²) in [6.45, 7) is 4.68. The van der Waals surface area contributed by atoms with Crippen molar-refractivity contribution in [2.45, 2.75) is 58.4 Å². The largest absolute Gasteiger partial charge is 0.418 e. The number of hydrogen-bond acceptors (Lipinski definition) is 8. The topological polar surface area (TPSA) is 126 Å². The average Bonchev–Trinajstić information content (AvgIpc) is 3.38. The standard InChI is InChI=1S/C32H32BrF3N8O3/c1-16-6-7-25(33)39-29(16)40-30(47)23-10-31(15-42(4)5)11-24(31)44(23)26(46)14-43-28-21(27(41-43)17(2)45)8-19(9-22(28)32(34,35)36)20-12-37-18(3)38-13-20/h6-9,12-13,23-24H,10-11,14-15H2,1-5H3,(H,39,40,47)/t23-,24+,31-/m0/s1. The first kappa shape index (κ1) is 32.7. The van der Waals surface area contributed by atoms with Crippen LogP contribution in [0.2, 0.25) is 0 Å². The summed E-state index contributed by atoms with van der Waals surface area (Å²) in [5, 5.41) is 7.05. The fourth-order valence-corrected chi connectivity index (χ4v) is 7.04. The minimum atomic E-state index is -4.85. The van der Waals surface area contributed by atoms with E-state index >= 15 is 0 Å². The Bertz CT molecular complexity index is 1930. The van der Waals surface area contributed by atoms with Crippen molar-refractivity contribution in [3.05, 3.63) is 63.9 Å². The first-order chi connectivity index (χ1) is 22.1. The predicted molar refractivity (Wildman–Crippen MR) is 170 cm³/mol. The van der Waals surface area contributed by atoms with E-state index in [1.807, 2.05) is 19.0 Å². The summed E-state index contributed by atoms with van der Waals surface area (Å²) in [6, 6.07) is 4.76. The molecule has 0 radical (unpaired) electrons. The van der Waals surface area contributed by atoms with E-state index in [9.17, 15) is 27.6 Å². The molecule has 3 atom stereocenters. The van der Waals surface area contributed by atoms with Crippen molar-refractivity contribution in [1.82, 2.24) is 34.5 Å². The summed E-state index contributed by atoms with van der Waals surface area (Å²) in [4.78, 5) is 56.6. The first-order valence-corrected chi connectivity index (χ1v) is 15.7. The monoisotopic (exact) mass is 712 g/mol. The van der Waals surface area contributed by atoms with Gasteiger partial charge in [0.1, 0.15) is 34.5 Å². The number of aromatic nitrogens is 5. The van der Waals surface area contributed by atoms with Gasteiger partial charge in [-0.1, -0.05) is 6.07 Å². The molecule has 2 aliphatic rings. The van der Waals surface area contributed by atoms with Crippen LogP contribution in [0.25, 0.3) is 22.0 Å². The number of piperidine rings is 1. The normalized spacial score (nSPS) is 20.5. The fourth-order valence-electron chi connectivity index (χ4n) is 6.73. The Kier molecular flexibility index (Phi) is 8.19. The predicted octanol–water partition coefficient (Wildman–Crippen LogP) is 5.05. The molecule has 11 nitrogen and oxygen atoms in total. The van der Waals surface area contributed by atoms with Crippen LogP contribution < -0.4 is 5.32 Å². The molecule has 47 heavy (non-hydrogen) atoms. The number of Topliss-reactive ketones (excluding diaryl/α,β-unsaturated/α-hetero) is 1. The lowest BCUT2D eigenvalue weighted by atomic mass is 9.98. The molecular weight excluding hydrogens is 681 g/mol. The van der Waals surface area contributed by atoms with E-state index in [4.69, 9.17) is 0 Å². The molecule has 2 fully saturated rings. The molecule has 15 heteroatoms. The highest BCUT2D eigenvalue weighted by molar-refractivity contribution is 9.10. The van der Waals surface area contributed by atoms with Crippen molar-refractivity contribution >= 4 is 50.2 Å². The molecule has 4 aromatic rings. The van der Waals surface area contributed by atoms with Crippen molar-refractivity contribution in [1.29, 1.82) is 0 Å². The summed E-state index contributed by atoms with van der Waals surface area (Å²) >= 11 is 3.31. The maximum atomic E-state index is 14.7. The highest BCUT2D eigenvalue weighted by Gasteiger charge is 2.67. The van der Waals surface area contributed by atoms with Crippen LogP contribution in [0.1, 0.15) is 47.2 Å². The maximum absolute atomic E-state index is 14.7. The van der Waals surface area contributed by atoms with Crippen LogP contribution in [-0.4, -0.2) is 84.9 Å². The quantitative estimate of drug-likeness (QED) is 0.199. The van der Waals surface area contributed by atoms with Crippen LogP contribution in [0.5, 0.6) is 0 Å². The van der Waals surface area contributed by atoms with Gasteiger partial charge in [0.2, 0.25) is 11.8 Å². The van der Waals surface area contributed by atoms with Gasteiger partial charge >= 0.3 is 6.18 Å². The fraction of sp³-hybridized carbons (Fsp3) is 0.406. The van der Waals surface area contributed by atoms with Gasteiger partial charge in [0.15, 0.2) is 5.78 Å². The van der Waals surface area contributed by atoms with Gasteiger partial charge in [0.25, 0.3) is 0 Å². The second-order valence-corrected chi connectivity index (χ2v) is 13.4. The smallest absolute Gasteiger partial charge is 0.325 e. The van der Waals surface area contributed by atoms with E-state index in [0.29, 0.717) is 41.2 Å². The second-order valence-electron chi connectivity index (χ2n) is 12.6. The van der Waals surface area contributed by atoms with Gasteiger partial charge in [-0.05, 0) is 86.0 Å². The molecule has 1 aliphatic heterocycles. The van der Waals surface area contributed by atoms with Crippen LogP contribution in [0.3, 0.4) is 0 Å². The number of amides is 2. The Morgan fingerprint density at radius 3 is 2.43 bits per heavy atom. The van der Waals surface area contributed by atoms with Crippen molar-refractivity contribution < 1.29 is 27.6 Å². The number of nitrogens with one attached hydrogen (secondary N) is 1. The zero-order valence-electron chi connectivity index (χ0n) is 26.3. The van der Waals surface area contributed by atoms with Gasteiger partial charge < -0.3 is 15.1 Å². The summed E-state index contributed by atoms with van der Waals surface area (Å²) < 4.78 is 45.5. The molecule has 0 bridgehead atoms. The Morgan fingerprint density at radius 2 is 1.79 bits per heavy atom. The first-order valence-electron chi connectivity index (χ1n) is 14.9. The second kappa shape index (κ2) is 11.8. The molecule has 1 saturated heterocycles. The summed E-state index contributed by atoms with van der Waals surface area (Å²) in [5.41, 5.74) is -0.781. The van der Waals surface area contributed by atoms with Gasteiger partial charge in [-0.3, -0.25) is 19.1 Å². The number of alkyl halides is 3. The summed E-state index contributed by atoms with van der Waals surface area (Å²) in [5.74, 6) is -0.783. The van der Waals surface area contributed by atoms with Gasteiger partial charge in [0.05, 0.1) is 11.1 Å². The third kappa shape index (κ3) is 6.13. The number of hydrogen-bond donors (Lipinski definition) is 1. The van der Waals surface area contributed by atoms with E-state index in [1.54, 1.807) is 26.0 Å². The van der Waals surface area contributed by atoms with Crippen LogP contribution in [0, 0.1) is 19.3 Å². The molecule has 1 N–H and O–H groups in total. The van der Waals surface area contributed by atoms with Crippen molar-refractivity contribution in [3.63, 3.8) is 0 Å². The zero-order chi connectivity index (χ0) is 34.0. The molecule has 6 rings (SSSR count). The molecule has 0 spiro atoms. The molecule has 4 heterocycles. The van der Waals surface area contributed by atoms with Crippen LogP contribution >= 0.6 is 15.9 Å². The Labute approximate surface area is 276 Å². The highest BCUT2D eigenvalue weighted by atomic mass is 79.9. The van der Waals surface area contributed by atoms with Gasteiger partial charge in [-0.2, -0.15) is 18.3 Å². The Hall–Kier alpha value is -4.24. The number of benzene rings is 1. The number of halogens is 4. The minimum Gasteiger partial charge on any atom is -0.325 e. The third-order valence-electron chi connectivity index (χ3n) is 8.83. The molecular formula is C32H32BrF3N8O3. The van der Waals surface area contributed by atoms with E-state index in [0.717, 1.165) is 16.3 Å². The number of nitrogens with zero attached hydrogens (tertiary/aromatic N) is 7. The maximum Gasteiger partial charge on any atom is 0.418 e. The van der Waals surface area contributed by atoms with Crippen LogP contribution in [0.15, 0.2) is 41.3 Å². The van der Waals surface area contributed by atoms with Gasteiger partial charge in [-0.25, -0.2) is 15.0 Å². The number of fused-ring (bicyclic) bond motifs is 2. The number of aryl methyl sites for hydroxylation is 2. The molecule has 1 aliphatic carbocycles. The van der Waals surface area contributed by atoms with Crippen LogP contribution in [0.4, 0.5) is 19.0 Å². The zero-order valence-corrected chi connectivity index (χ0v) is 27.9.